The van der Waals surface area contributed by atoms with Gasteiger partial charge in [0.25, 0.3) is 0 Å². The summed E-state index contributed by atoms with van der Waals surface area (Å²) in [6.07, 6.45) is 5.02. The third kappa shape index (κ3) is 8.80. The molecule has 9 heteroatoms. The summed E-state index contributed by atoms with van der Waals surface area (Å²) in [5.74, 6) is -2.94. The predicted octanol–water partition coefficient (Wildman–Crippen LogP) is 1.45. The van der Waals surface area contributed by atoms with Crippen LogP contribution >= 0.6 is 0 Å². The average Bonchev–Trinajstić information content (AvgIpc) is 2.61. The topological polar surface area (TPSA) is 125 Å². The molecule has 0 heterocycles. The summed E-state index contributed by atoms with van der Waals surface area (Å²) in [5, 5.41) is 9.08. The maximum Gasteiger partial charge on any atom is 0.247 e. The van der Waals surface area contributed by atoms with Gasteiger partial charge in [-0.3, -0.25) is 20.2 Å². The van der Waals surface area contributed by atoms with Crippen molar-refractivity contribution >= 4 is 27.9 Å². The lowest BCUT2D eigenvalue weighted by atomic mass is 9.82. The minimum atomic E-state index is -3.63. The molecule has 0 aromatic heterocycles. The van der Waals surface area contributed by atoms with Gasteiger partial charge in [-0.2, -0.15) is 0 Å². The number of nitrogens with one attached hydrogen (secondary N) is 3. The van der Waals surface area contributed by atoms with Gasteiger partial charge in [-0.05, 0) is 24.3 Å². The van der Waals surface area contributed by atoms with E-state index in [0.29, 0.717) is 6.42 Å². The van der Waals surface area contributed by atoms with Gasteiger partial charge in [-0.15, -0.1) is 4.83 Å². The van der Waals surface area contributed by atoms with Crippen LogP contribution in [0.25, 0.3) is 6.08 Å². The summed E-state index contributed by atoms with van der Waals surface area (Å²) in [7, 11) is -3.63. The molecule has 0 saturated heterocycles. The van der Waals surface area contributed by atoms with Crippen LogP contribution in [0, 0.1) is 17.8 Å². The van der Waals surface area contributed by atoms with Crippen molar-refractivity contribution in [2.45, 2.75) is 26.7 Å². The Bertz CT molecular complexity index is 748. The molecule has 4 N–H and O–H groups in total. The molecule has 1 aromatic rings. The highest BCUT2D eigenvalue weighted by Crippen LogP contribution is 2.25. The molecule has 0 fully saturated rings. The molecule has 1 aromatic carbocycles. The number of carbonyl (C=O) groups excluding carboxylic acids is 2. The Labute approximate surface area is 160 Å². The molecule has 0 spiro atoms. The van der Waals surface area contributed by atoms with E-state index in [2.05, 4.69) is 5.43 Å². The monoisotopic (exact) mass is 397 g/mol. The van der Waals surface area contributed by atoms with Crippen LogP contribution in [-0.4, -0.2) is 31.7 Å². The minimum Gasteiger partial charge on any atom is -0.289 e. The highest BCUT2D eigenvalue weighted by atomic mass is 32.2. The first-order valence-electron chi connectivity index (χ1n) is 8.56. The summed E-state index contributed by atoms with van der Waals surface area (Å²) in [5.41, 5.74) is 4.67. The van der Waals surface area contributed by atoms with Crippen molar-refractivity contribution in [1.29, 1.82) is 0 Å². The maximum atomic E-state index is 12.5. The van der Waals surface area contributed by atoms with Crippen LogP contribution in [0.5, 0.6) is 0 Å². The molecular weight excluding hydrogens is 370 g/mol. The van der Waals surface area contributed by atoms with Gasteiger partial charge in [-0.1, -0.05) is 56.3 Å². The molecular formula is C18H27N3O5S. The van der Waals surface area contributed by atoms with Crippen molar-refractivity contribution < 1.29 is 23.2 Å². The first-order valence-corrected chi connectivity index (χ1v) is 10.5. The third-order valence-electron chi connectivity index (χ3n) is 3.85. The molecule has 1 rings (SSSR count). The zero-order valence-electron chi connectivity index (χ0n) is 15.7. The van der Waals surface area contributed by atoms with Crippen molar-refractivity contribution in [2.75, 3.05) is 6.26 Å². The SMILES string of the molecule is CC(C)C[C@@H](C(=O)NNS(C)(=O)=O)[C@H](CC=Cc1ccccc1)C(=O)NO. The normalized spacial score (nSPS) is 14.1. The Kier molecular flexibility index (Phi) is 9.13. The fourth-order valence-electron chi connectivity index (χ4n) is 2.65. The van der Waals surface area contributed by atoms with Crippen molar-refractivity contribution in [3.8, 4) is 0 Å². The number of allylic oxidation sites excluding steroid dienone is 1. The Morgan fingerprint density at radius 1 is 1.11 bits per heavy atom. The van der Waals surface area contributed by atoms with Gasteiger partial charge in [-0.25, -0.2) is 13.9 Å². The van der Waals surface area contributed by atoms with Crippen LogP contribution in [0.15, 0.2) is 36.4 Å². The summed E-state index contributed by atoms with van der Waals surface area (Å²) < 4.78 is 22.4. The maximum absolute atomic E-state index is 12.5. The second-order valence-corrected chi connectivity index (χ2v) is 8.48. The van der Waals surface area contributed by atoms with Gasteiger partial charge in [0.1, 0.15) is 0 Å². The molecule has 0 aliphatic carbocycles. The number of hydroxylamine groups is 1. The molecule has 8 nitrogen and oxygen atoms in total. The number of sulfonamides is 1. The van der Waals surface area contributed by atoms with Gasteiger partial charge in [0.05, 0.1) is 18.1 Å². The highest BCUT2D eigenvalue weighted by Gasteiger charge is 2.33. The summed E-state index contributed by atoms with van der Waals surface area (Å²) in [6.45, 7) is 3.77. The smallest absolute Gasteiger partial charge is 0.247 e. The van der Waals surface area contributed by atoms with E-state index in [4.69, 9.17) is 5.21 Å². The number of benzene rings is 1. The van der Waals surface area contributed by atoms with Crippen LogP contribution in [-0.2, 0) is 19.6 Å². The minimum absolute atomic E-state index is 0.0751. The van der Waals surface area contributed by atoms with E-state index in [1.165, 1.54) is 0 Å². The van der Waals surface area contributed by atoms with Crippen molar-refractivity contribution in [3.63, 3.8) is 0 Å². The summed E-state index contributed by atoms with van der Waals surface area (Å²) in [4.78, 5) is 26.6. The van der Waals surface area contributed by atoms with E-state index >= 15 is 0 Å². The molecule has 0 unspecified atom stereocenters. The number of hydrogen-bond acceptors (Lipinski definition) is 5. The zero-order valence-corrected chi connectivity index (χ0v) is 16.5. The van der Waals surface area contributed by atoms with Crippen LogP contribution in [0.4, 0.5) is 0 Å². The molecule has 2 atom stereocenters. The molecule has 0 aliphatic rings. The van der Waals surface area contributed by atoms with Crippen LogP contribution in [0.2, 0.25) is 0 Å². The number of rotatable bonds is 10. The average molecular weight is 397 g/mol. The molecule has 0 saturated carbocycles. The molecule has 0 radical (unpaired) electrons. The fourth-order valence-corrected chi connectivity index (χ4v) is 2.94. The quantitative estimate of drug-likeness (QED) is 0.351. The second-order valence-electron chi connectivity index (χ2n) is 6.73. The highest BCUT2D eigenvalue weighted by molar-refractivity contribution is 7.88. The van der Waals surface area contributed by atoms with E-state index in [1.54, 1.807) is 11.6 Å². The van der Waals surface area contributed by atoms with E-state index in [0.717, 1.165) is 11.8 Å². The van der Waals surface area contributed by atoms with E-state index < -0.39 is 33.7 Å². The number of carbonyl (C=O) groups is 2. The van der Waals surface area contributed by atoms with E-state index in [9.17, 15) is 18.0 Å². The second kappa shape index (κ2) is 10.8. The van der Waals surface area contributed by atoms with Crippen molar-refractivity contribution in [3.05, 3.63) is 42.0 Å². The molecule has 27 heavy (non-hydrogen) atoms. The summed E-state index contributed by atoms with van der Waals surface area (Å²) >= 11 is 0. The molecule has 0 bridgehead atoms. The van der Waals surface area contributed by atoms with E-state index in [-0.39, 0.29) is 12.3 Å². The van der Waals surface area contributed by atoms with E-state index in [1.807, 2.05) is 55.1 Å². The van der Waals surface area contributed by atoms with Gasteiger partial charge in [0, 0.05) is 0 Å². The predicted molar refractivity (Wildman–Crippen MR) is 103 cm³/mol. The summed E-state index contributed by atoms with van der Waals surface area (Å²) in [6, 6.07) is 9.43. The lowest BCUT2D eigenvalue weighted by molar-refractivity contribution is -0.140. The van der Waals surface area contributed by atoms with Gasteiger partial charge in [0.15, 0.2) is 0 Å². The van der Waals surface area contributed by atoms with Gasteiger partial charge in [0.2, 0.25) is 21.8 Å². The standard InChI is InChI=1S/C18H27N3O5S/c1-13(2)12-16(17(22)19-21-27(3,25)26)15(18(23)20-24)11-7-10-14-8-5-4-6-9-14/h4-10,13,15-16,21,24H,11-12H2,1-3H3,(H,19,22)(H,20,23)/t15-,16+/m0/s1. The van der Waals surface area contributed by atoms with Gasteiger partial charge < -0.3 is 0 Å². The lowest BCUT2D eigenvalue weighted by Gasteiger charge is -2.25. The van der Waals surface area contributed by atoms with Crippen molar-refractivity contribution in [1.82, 2.24) is 15.7 Å². The molecule has 0 aliphatic heterocycles. The largest absolute Gasteiger partial charge is 0.289 e. The van der Waals surface area contributed by atoms with Crippen LogP contribution in [0.1, 0.15) is 32.3 Å². The molecule has 2 amide bonds. The molecule has 150 valence electrons. The zero-order chi connectivity index (χ0) is 20.4. The third-order valence-corrected chi connectivity index (χ3v) is 4.33. The Balaban J connectivity index is 2.99. The fraction of sp³-hybridized carbons (Fsp3) is 0.444. The Hall–Kier alpha value is -2.23. The van der Waals surface area contributed by atoms with Crippen LogP contribution < -0.4 is 15.7 Å². The number of hydrazine groups is 1. The number of hydrogen-bond donors (Lipinski definition) is 4. The Morgan fingerprint density at radius 3 is 2.26 bits per heavy atom. The first-order chi connectivity index (χ1) is 12.6. The van der Waals surface area contributed by atoms with Crippen LogP contribution in [0.3, 0.4) is 0 Å². The Morgan fingerprint density at radius 2 is 1.74 bits per heavy atom. The number of amides is 2. The first kappa shape index (κ1) is 22.8. The lowest BCUT2D eigenvalue weighted by Crippen LogP contribution is -2.48. The van der Waals surface area contributed by atoms with Gasteiger partial charge >= 0.3 is 0 Å². The van der Waals surface area contributed by atoms with Crippen molar-refractivity contribution in [2.24, 2.45) is 17.8 Å².